The lowest BCUT2D eigenvalue weighted by molar-refractivity contribution is 0.102. The van der Waals surface area contributed by atoms with Crippen LogP contribution in [0.2, 0.25) is 15.1 Å². The molecule has 0 aliphatic carbocycles. The van der Waals surface area contributed by atoms with Gasteiger partial charge >= 0.3 is 0 Å². The summed E-state index contributed by atoms with van der Waals surface area (Å²) >= 11 is 17.7. The number of hydrogen-bond acceptors (Lipinski definition) is 2. The molecule has 0 saturated carbocycles. The third-order valence-electron chi connectivity index (χ3n) is 2.47. The second-order valence-electron chi connectivity index (χ2n) is 3.94. The number of anilines is 2. The second kappa shape index (κ2) is 5.87. The lowest BCUT2D eigenvalue weighted by Gasteiger charge is -2.10. The van der Waals surface area contributed by atoms with Crippen LogP contribution in [0.3, 0.4) is 0 Å². The summed E-state index contributed by atoms with van der Waals surface area (Å²) in [7, 11) is 0. The van der Waals surface area contributed by atoms with Crippen molar-refractivity contribution in [1.29, 1.82) is 0 Å². The van der Waals surface area contributed by atoms with Gasteiger partial charge in [0.05, 0.1) is 26.3 Å². The Morgan fingerprint density at radius 1 is 1.10 bits per heavy atom. The van der Waals surface area contributed by atoms with E-state index in [2.05, 4.69) is 5.32 Å². The molecule has 0 aromatic heterocycles. The maximum atomic E-state index is 13.1. The van der Waals surface area contributed by atoms with Crippen molar-refractivity contribution < 1.29 is 9.18 Å². The molecule has 0 fully saturated rings. The summed E-state index contributed by atoms with van der Waals surface area (Å²) in [6.07, 6.45) is 0. The van der Waals surface area contributed by atoms with Gasteiger partial charge in [0, 0.05) is 5.69 Å². The van der Waals surface area contributed by atoms with Gasteiger partial charge in [0.25, 0.3) is 5.91 Å². The van der Waals surface area contributed by atoms with Crippen molar-refractivity contribution in [3.63, 3.8) is 0 Å². The third-order valence-corrected chi connectivity index (χ3v) is 3.60. The van der Waals surface area contributed by atoms with Gasteiger partial charge in [0.2, 0.25) is 0 Å². The van der Waals surface area contributed by atoms with Crippen LogP contribution in [0.4, 0.5) is 15.8 Å². The first-order valence-electron chi connectivity index (χ1n) is 5.39. The predicted molar refractivity (Wildman–Crippen MR) is 80.2 cm³/mol. The van der Waals surface area contributed by atoms with Gasteiger partial charge in [0.1, 0.15) is 5.82 Å². The first-order valence-corrected chi connectivity index (χ1v) is 6.53. The summed E-state index contributed by atoms with van der Waals surface area (Å²) in [5.41, 5.74) is 6.10. The van der Waals surface area contributed by atoms with Crippen LogP contribution in [0.25, 0.3) is 0 Å². The molecular weight excluding hydrogens is 326 g/mol. The standard InChI is InChI=1S/C13H8Cl3FN2O/c14-9-2-1-6(17)3-11(9)19-13(20)8-4-7(18)5-10(15)12(8)16/h1-5H,18H2,(H,19,20). The van der Waals surface area contributed by atoms with Crippen molar-refractivity contribution in [1.82, 2.24) is 0 Å². The SMILES string of the molecule is Nc1cc(Cl)c(Cl)c(C(=O)Nc2cc(F)ccc2Cl)c1. The largest absolute Gasteiger partial charge is 0.399 e. The number of hydrogen-bond donors (Lipinski definition) is 2. The molecule has 104 valence electrons. The first-order chi connectivity index (χ1) is 9.38. The monoisotopic (exact) mass is 332 g/mol. The molecule has 1 amide bonds. The first kappa shape index (κ1) is 14.9. The molecule has 20 heavy (non-hydrogen) atoms. The van der Waals surface area contributed by atoms with Crippen LogP contribution in [0.1, 0.15) is 10.4 Å². The Bertz CT molecular complexity index is 692. The number of carbonyl (C=O) groups excluding carboxylic acids is 1. The molecular formula is C13H8Cl3FN2O. The number of halogens is 4. The van der Waals surface area contributed by atoms with Gasteiger partial charge in [-0.15, -0.1) is 0 Å². The summed E-state index contributed by atoms with van der Waals surface area (Å²) in [6, 6.07) is 6.41. The van der Waals surface area contributed by atoms with Crippen LogP contribution in [-0.4, -0.2) is 5.91 Å². The van der Waals surface area contributed by atoms with E-state index < -0.39 is 11.7 Å². The number of nitrogens with one attached hydrogen (secondary N) is 1. The molecule has 3 N–H and O–H groups in total. The van der Waals surface area contributed by atoms with Gasteiger partial charge in [-0.3, -0.25) is 4.79 Å². The highest BCUT2D eigenvalue weighted by Crippen LogP contribution is 2.30. The molecule has 0 spiro atoms. The number of nitrogens with two attached hydrogens (primary N) is 1. The Morgan fingerprint density at radius 2 is 1.80 bits per heavy atom. The van der Waals surface area contributed by atoms with Crippen molar-refractivity contribution in [3.8, 4) is 0 Å². The number of rotatable bonds is 2. The Hall–Kier alpha value is -1.49. The predicted octanol–water partition coefficient (Wildman–Crippen LogP) is 4.62. The second-order valence-corrected chi connectivity index (χ2v) is 5.13. The Kier molecular flexibility index (Phi) is 4.38. The van der Waals surface area contributed by atoms with Gasteiger partial charge in [-0.2, -0.15) is 0 Å². The van der Waals surface area contributed by atoms with Crippen LogP contribution in [0.5, 0.6) is 0 Å². The Labute approximate surface area is 129 Å². The molecule has 0 atom stereocenters. The highest BCUT2D eigenvalue weighted by atomic mass is 35.5. The fourth-order valence-electron chi connectivity index (χ4n) is 1.56. The van der Waals surface area contributed by atoms with Crippen LogP contribution in [-0.2, 0) is 0 Å². The van der Waals surface area contributed by atoms with E-state index in [9.17, 15) is 9.18 Å². The zero-order chi connectivity index (χ0) is 14.9. The van der Waals surface area contributed by atoms with Crippen molar-refractivity contribution in [2.75, 3.05) is 11.1 Å². The number of nitrogen functional groups attached to an aromatic ring is 1. The summed E-state index contributed by atoms with van der Waals surface area (Å²) in [5, 5.41) is 2.87. The Balaban J connectivity index is 2.35. The quantitative estimate of drug-likeness (QED) is 0.788. The molecule has 0 saturated heterocycles. The number of benzene rings is 2. The van der Waals surface area contributed by atoms with Gasteiger partial charge < -0.3 is 11.1 Å². The normalized spacial score (nSPS) is 10.4. The summed E-state index contributed by atoms with van der Waals surface area (Å²) in [4.78, 5) is 12.1. The molecule has 0 aliphatic rings. The number of carbonyl (C=O) groups is 1. The molecule has 3 nitrogen and oxygen atoms in total. The molecule has 0 heterocycles. The van der Waals surface area contributed by atoms with E-state index in [4.69, 9.17) is 40.5 Å². The molecule has 0 bridgehead atoms. The zero-order valence-corrected chi connectivity index (χ0v) is 12.2. The fourth-order valence-corrected chi connectivity index (χ4v) is 2.15. The van der Waals surface area contributed by atoms with Crippen LogP contribution >= 0.6 is 34.8 Å². The zero-order valence-electron chi connectivity index (χ0n) is 9.88. The third kappa shape index (κ3) is 3.15. The molecule has 0 aliphatic heterocycles. The molecule has 7 heteroatoms. The highest BCUT2D eigenvalue weighted by molar-refractivity contribution is 6.44. The minimum atomic E-state index is -0.586. The minimum absolute atomic E-state index is 0.0610. The maximum absolute atomic E-state index is 13.1. The van der Waals surface area contributed by atoms with Crippen molar-refractivity contribution >= 4 is 52.1 Å². The topological polar surface area (TPSA) is 55.1 Å². The Morgan fingerprint density at radius 3 is 2.50 bits per heavy atom. The van der Waals surface area contributed by atoms with E-state index in [-0.39, 0.29) is 32.0 Å². The van der Waals surface area contributed by atoms with Crippen molar-refractivity contribution in [2.24, 2.45) is 0 Å². The molecule has 0 unspecified atom stereocenters. The van der Waals surface area contributed by atoms with Gasteiger partial charge in [-0.05, 0) is 30.3 Å². The summed E-state index contributed by atoms with van der Waals surface area (Å²) < 4.78 is 13.1. The van der Waals surface area contributed by atoms with Gasteiger partial charge in [-0.1, -0.05) is 34.8 Å². The lowest BCUT2D eigenvalue weighted by atomic mass is 10.2. The van der Waals surface area contributed by atoms with Crippen molar-refractivity contribution in [2.45, 2.75) is 0 Å². The molecule has 0 radical (unpaired) electrons. The van der Waals surface area contributed by atoms with E-state index in [1.807, 2.05) is 0 Å². The van der Waals surface area contributed by atoms with Crippen LogP contribution in [0.15, 0.2) is 30.3 Å². The van der Waals surface area contributed by atoms with E-state index in [0.29, 0.717) is 0 Å². The van der Waals surface area contributed by atoms with E-state index in [1.165, 1.54) is 24.3 Å². The number of amides is 1. The maximum Gasteiger partial charge on any atom is 0.257 e. The smallest absolute Gasteiger partial charge is 0.257 e. The van der Waals surface area contributed by atoms with Gasteiger partial charge in [-0.25, -0.2) is 4.39 Å². The minimum Gasteiger partial charge on any atom is -0.399 e. The molecule has 2 rings (SSSR count). The highest BCUT2D eigenvalue weighted by Gasteiger charge is 2.15. The average molecular weight is 334 g/mol. The lowest BCUT2D eigenvalue weighted by Crippen LogP contribution is -2.13. The van der Waals surface area contributed by atoms with E-state index in [0.717, 1.165) is 6.07 Å². The average Bonchev–Trinajstić information content (AvgIpc) is 2.38. The van der Waals surface area contributed by atoms with Crippen molar-refractivity contribution in [3.05, 3.63) is 56.8 Å². The van der Waals surface area contributed by atoms with E-state index >= 15 is 0 Å². The summed E-state index contributed by atoms with van der Waals surface area (Å²) in [6.45, 7) is 0. The van der Waals surface area contributed by atoms with Crippen LogP contribution in [0, 0.1) is 5.82 Å². The summed E-state index contributed by atoms with van der Waals surface area (Å²) in [5.74, 6) is -1.11. The van der Waals surface area contributed by atoms with Gasteiger partial charge in [0.15, 0.2) is 0 Å². The van der Waals surface area contributed by atoms with E-state index in [1.54, 1.807) is 0 Å². The molecule has 2 aromatic rings. The molecule has 2 aromatic carbocycles. The fraction of sp³-hybridized carbons (Fsp3) is 0. The van der Waals surface area contributed by atoms with Crippen LogP contribution < -0.4 is 11.1 Å².